The fourth-order valence-corrected chi connectivity index (χ4v) is 3.71. The first-order valence-electron chi connectivity index (χ1n) is 8.33. The van der Waals surface area contributed by atoms with Gasteiger partial charge in [-0.3, -0.25) is 4.79 Å². The molecule has 3 heteroatoms. The first-order valence-corrected chi connectivity index (χ1v) is 8.33. The third-order valence-corrected chi connectivity index (χ3v) is 5.06. The molecular weight excluding hydrogens is 260 g/mol. The smallest absolute Gasteiger partial charge is 0.254 e. The number of carbonyl (C=O) groups excluding carboxylic acids is 1. The summed E-state index contributed by atoms with van der Waals surface area (Å²) in [6.07, 6.45) is 7.18. The van der Waals surface area contributed by atoms with Crippen molar-refractivity contribution < 1.29 is 4.79 Å². The van der Waals surface area contributed by atoms with E-state index in [1.807, 2.05) is 18.2 Å². The summed E-state index contributed by atoms with van der Waals surface area (Å²) in [6, 6.07) is 8.77. The van der Waals surface area contributed by atoms with Gasteiger partial charge in [0, 0.05) is 24.7 Å². The summed E-state index contributed by atoms with van der Waals surface area (Å²) < 4.78 is 0. The van der Waals surface area contributed by atoms with E-state index < -0.39 is 0 Å². The summed E-state index contributed by atoms with van der Waals surface area (Å²) in [7, 11) is 2.23. The van der Waals surface area contributed by atoms with Crippen molar-refractivity contribution in [1.29, 1.82) is 0 Å². The van der Waals surface area contributed by atoms with E-state index in [9.17, 15) is 4.79 Å². The van der Waals surface area contributed by atoms with Crippen LogP contribution in [0.15, 0.2) is 24.3 Å². The maximum absolute atomic E-state index is 12.7. The molecule has 0 aliphatic carbocycles. The normalized spacial score (nSPS) is 23.8. The van der Waals surface area contributed by atoms with Crippen molar-refractivity contribution in [3.8, 4) is 0 Å². The summed E-state index contributed by atoms with van der Waals surface area (Å²) in [6.45, 7) is 3.02. The lowest BCUT2D eigenvalue weighted by Gasteiger charge is -2.34. The summed E-state index contributed by atoms with van der Waals surface area (Å²) in [4.78, 5) is 17.3. The number of aryl methyl sites for hydroxylation is 1. The minimum atomic E-state index is 0.238. The molecule has 114 valence electrons. The van der Waals surface area contributed by atoms with Gasteiger partial charge in [-0.25, -0.2) is 0 Å². The van der Waals surface area contributed by atoms with Crippen LogP contribution in [0.3, 0.4) is 0 Å². The van der Waals surface area contributed by atoms with Crippen molar-refractivity contribution in [2.45, 2.75) is 44.6 Å². The van der Waals surface area contributed by atoms with E-state index in [1.165, 1.54) is 31.4 Å². The highest BCUT2D eigenvalue weighted by molar-refractivity contribution is 5.96. The second-order valence-corrected chi connectivity index (χ2v) is 6.47. The molecule has 1 amide bonds. The number of rotatable bonds is 3. The lowest BCUT2D eigenvalue weighted by atomic mass is 10.00. The lowest BCUT2D eigenvalue weighted by Crippen LogP contribution is -2.40. The molecule has 21 heavy (non-hydrogen) atoms. The number of carbonyl (C=O) groups is 1. The number of nitrogens with zero attached hydrogens (tertiary/aromatic N) is 2. The third kappa shape index (κ3) is 3.29. The molecule has 0 radical (unpaired) electrons. The quantitative estimate of drug-likeness (QED) is 0.853. The van der Waals surface area contributed by atoms with Gasteiger partial charge in [0.15, 0.2) is 0 Å². The molecule has 0 saturated carbocycles. The van der Waals surface area contributed by atoms with Gasteiger partial charge in [-0.05, 0) is 57.3 Å². The van der Waals surface area contributed by atoms with Gasteiger partial charge in [-0.2, -0.15) is 0 Å². The number of piperidine rings is 1. The number of amides is 1. The average molecular weight is 286 g/mol. The van der Waals surface area contributed by atoms with Crippen LogP contribution in [0.4, 0.5) is 0 Å². The van der Waals surface area contributed by atoms with E-state index in [0.29, 0.717) is 6.04 Å². The third-order valence-electron chi connectivity index (χ3n) is 5.06. The Bertz CT molecular complexity index is 500. The largest absolute Gasteiger partial charge is 0.339 e. The zero-order valence-electron chi connectivity index (χ0n) is 13.1. The molecule has 1 aromatic rings. The minimum Gasteiger partial charge on any atom is -0.339 e. The summed E-state index contributed by atoms with van der Waals surface area (Å²) >= 11 is 0. The monoisotopic (exact) mass is 286 g/mol. The van der Waals surface area contributed by atoms with Crippen molar-refractivity contribution >= 4 is 5.91 Å². The number of likely N-dealkylation sites (tertiary alicyclic amines) is 1. The maximum atomic E-state index is 12.7. The Morgan fingerprint density at radius 2 is 2.00 bits per heavy atom. The highest BCUT2D eigenvalue weighted by Crippen LogP contribution is 2.21. The van der Waals surface area contributed by atoms with Crippen LogP contribution in [0, 0.1) is 0 Å². The van der Waals surface area contributed by atoms with Crippen molar-refractivity contribution in [1.82, 2.24) is 9.80 Å². The van der Waals surface area contributed by atoms with Crippen LogP contribution >= 0.6 is 0 Å². The first-order chi connectivity index (χ1) is 10.3. The summed E-state index contributed by atoms with van der Waals surface area (Å²) in [5.41, 5.74) is 2.15. The Morgan fingerprint density at radius 3 is 2.86 bits per heavy atom. The van der Waals surface area contributed by atoms with Crippen molar-refractivity contribution in [3.05, 3.63) is 35.4 Å². The van der Waals surface area contributed by atoms with Gasteiger partial charge in [-0.15, -0.1) is 0 Å². The van der Waals surface area contributed by atoms with Crippen LogP contribution in [0.2, 0.25) is 0 Å². The van der Waals surface area contributed by atoms with Gasteiger partial charge in [0.25, 0.3) is 5.91 Å². The van der Waals surface area contributed by atoms with Crippen LogP contribution in [0.1, 0.15) is 48.0 Å². The Kier molecular flexibility index (Phi) is 4.59. The molecule has 2 heterocycles. The van der Waals surface area contributed by atoms with Gasteiger partial charge in [-0.1, -0.05) is 24.6 Å². The average Bonchev–Trinajstić information content (AvgIpc) is 2.67. The maximum Gasteiger partial charge on any atom is 0.254 e. The fourth-order valence-electron chi connectivity index (χ4n) is 3.71. The fraction of sp³-hybridized carbons (Fsp3) is 0.611. The Labute approximate surface area is 127 Å². The summed E-state index contributed by atoms with van der Waals surface area (Å²) in [5, 5.41) is 0. The topological polar surface area (TPSA) is 23.6 Å². The number of hydrogen-bond donors (Lipinski definition) is 0. The zero-order valence-corrected chi connectivity index (χ0v) is 13.1. The van der Waals surface area contributed by atoms with E-state index in [1.54, 1.807) is 0 Å². The molecule has 2 aliphatic heterocycles. The van der Waals surface area contributed by atoms with Crippen LogP contribution in [-0.4, -0.2) is 48.4 Å². The molecule has 0 aromatic heterocycles. The molecular formula is C18H26N2O. The number of fused-ring (bicyclic) bond motifs is 1. The van der Waals surface area contributed by atoms with Gasteiger partial charge in [0.05, 0.1) is 0 Å². The van der Waals surface area contributed by atoms with E-state index >= 15 is 0 Å². The molecule has 1 fully saturated rings. The molecule has 1 atom stereocenters. The predicted octanol–water partition coefficient (Wildman–Crippen LogP) is 2.95. The Morgan fingerprint density at radius 1 is 1.14 bits per heavy atom. The molecule has 1 aromatic carbocycles. The van der Waals surface area contributed by atoms with Gasteiger partial charge in [0.2, 0.25) is 0 Å². The van der Waals surface area contributed by atoms with Crippen molar-refractivity contribution in [3.63, 3.8) is 0 Å². The zero-order chi connectivity index (χ0) is 14.7. The molecule has 2 aliphatic rings. The van der Waals surface area contributed by atoms with E-state index in [0.717, 1.165) is 37.9 Å². The highest BCUT2D eigenvalue weighted by Gasteiger charge is 2.24. The second kappa shape index (κ2) is 6.61. The molecule has 3 rings (SSSR count). The van der Waals surface area contributed by atoms with Crippen LogP contribution in [-0.2, 0) is 6.42 Å². The molecule has 0 spiro atoms. The molecule has 1 saturated heterocycles. The summed E-state index contributed by atoms with van der Waals surface area (Å²) in [5.74, 6) is 0.238. The first kappa shape index (κ1) is 14.6. The predicted molar refractivity (Wildman–Crippen MR) is 85.6 cm³/mol. The van der Waals surface area contributed by atoms with E-state index in [2.05, 4.69) is 22.9 Å². The standard InChI is InChI=1S/C18H26N2O/c1-19-12-5-4-9-16(19)11-14-20-13-6-8-15-7-2-3-10-17(15)18(20)21/h2-3,7,10,16H,4-6,8-9,11-14H2,1H3. The number of hydrogen-bond acceptors (Lipinski definition) is 2. The highest BCUT2D eigenvalue weighted by atomic mass is 16.2. The van der Waals surface area contributed by atoms with Crippen molar-refractivity contribution in [2.24, 2.45) is 0 Å². The lowest BCUT2D eigenvalue weighted by molar-refractivity contribution is 0.0732. The second-order valence-electron chi connectivity index (χ2n) is 6.47. The Balaban J connectivity index is 1.64. The van der Waals surface area contributed by atoms with Gasteiger partial charge >= 0.3 is 0 Å². The minimum absolute atomic E-state index is 0.238. The van der Waals surface area contributed by atoms with Gasteiger partial charge in [0.1, 0.15) is 0 Å². The molecule has 0 N–H and O–H groups in total. The van der Waals surface area contributed by atoms with E-state index in [4.69, 9.17) is 0 Å². The molecule has 0 bridgehead atoms. The SMILES string of the molecule is CN1CCCCC1CCN1CCCc2ccccc2C1=O. The van der Waals surface area contributed by atoms with Crippen LogP contribution < -0.4 is 0 Å². The van der Waals surface area contributed by atoms with Gasteiger partial charge < -0.3 is 9.80 Å². The van der Waals surface area contributed by atoms with E-state index in [-0.39, 0.29) is 5.91 Å². The molecule has 1 unspecified atom stereocenters. The number of benzene rings is 1. The molecule has 3 nitrogen and oxygen atoms in total. The Hall–Kier alpha value is -1.35. The van der Waals surface area contributed by atoms with Crippen LogP contribution in [0.25, 0.3) is 0 Å². The van der Waals surface area contributed by atoms with Crippen LogP contribution in [0.5, 0.6) is 0 Å². The van der Waals surface area contributed by atoms with Crippen molar-refractivity contribution in [2.75, 3.05) is 26.7 Å².